The highest BCUT2D eigenvalue weighted by Crippen LogP contribution is 2.02. The predicted octanol–water partition coefficient (Wildman–Crippen LogP) is 2.51. The number of pyridine rings is 1. The summed E-state index contributed by atoms with van der Waals surface area (Å²) < 4.78 is 0. The van der Waals surface area contributed by atoms with Gasteiger partial charge in [0.25, 0.3) is 0 Å². The van der Waals surface area contributed by atoms with Gasteiger partial charge in [-0.3, -0.25) is 4.98 Å². The van der Waals surface area contributed by atoms with Gasteiger partial charge in [0.1, 0.15) is 0 Å². The molecule has 0 aromatic carbocycles. The SMILES string of the molecule is CCCCCCN/C=C(\N)c1ccccn1. The van der Waals surface area contributed by atoms with Gasteiger partial charge >= 0.3 is 0 Å². The standard InChI is InChI=1S/C13H21N3/c1-2-3-4-6-9-15-11-12(14)13-8-5-7-10-16-13/h5,7-8,10-11,15H,2-4,6,9,14H2,1H3/b12-11-. The number of hydrogen-bond acceptors (Lipinski definition) is 3. The highest BCUT2D eigenvalue weighted by molar-refractivity contribution is 5.58. The molecule has 1 aromatic rings. The molecule has 0 radical (unpaired) electrons. The van der Waals surface area contributed by atoms with Crippen molar-refractivity contribution >= 4 is 5.70 Å². The van der Waals surface area contributed by atoms with Gasteiger partial charge in [0.05, 0.1) is 11.4 Å². The maximum absolute atomic E-state index is 5.87. The van der Waals surface area contributed by atoms with Crippen LogP contribution >= 0.6 is 0 Å². The van der Waals surface area contributed by atoms with Crippen molar-refractivity contribution in [3.05, 3.63) is 36.3 Å². The first-order valence-electron chi connectivity index (χ1n) is 5.95. The van der Waals surface area contributed by atoms with Crippen LogP contribution < -0.4 is 11.1 Å². The van der Waals surface area contributed by atoms with Crippen molar-refractivity contribution in [1.82, 2.24) is 10.3 Å². The fourth-order valence-electron chi connectivity index (χ4n) is 1.44. The van der Waals surface area contributed by atoms with Gasteiger partial charge in [-0.25, -0.2) is 0 Å². The molecule has 3 heteroatoms. The summed E-state index contributed by atoms with van der Waals surface area (Å²) in [6.45, 7) is 3.19. The molecule has 0 unspecified atom stereocenters. The Morgan fingerprint density at radius 2 is 2.25 bits per heavy atom. The van der Waals surface area contributed by atoms with Gasteiger partial charge in [0, 0.05) is 18.9 Å². The average molecular weight is 219 g/mol. The van der Waals surface area contributed by atoms with Crippen molar-refractivity contribution in [3.63, 3.8) is 0 Å². The van der Waals surface area contributed by atoms with Crippen molar-refractivity contribution < 1.29 is 0 Å². The average Bonchev–Trinajstić information content (AvgIpc) is 2.34. The summed E-state index contributed by atoms with van der Waals surface area (Å²) in [5.74, 6) is 0. The Hall–Kier alpha value is -1.51. The van der Waals surface area contributed by atoms with Crippen LogP contribution in [0.4, 0.5) is 0 Å². The zero-order valence-electron chi connectivity index (χ0n) is 9.95. The van der Waals surface area contributed by atoms with E-state index in [-0.39, 0.29) is 0 Å². The van der Waals surface area contributed by atoms with Crippen LogP contribution in [0, 0.1) is 0 Å². The van der Waals surface area contributed by atoms with Crippen LogP contribution in [0.2, 0.25) is 0 Å². The van der Waals surface area contributed by atoms with Gasteiger partial charge < -0.3 is 11.1 Å². The molecule has 16 heavy (non-hydrogen) atoms. The zero-order valence-corrected chi connectivity index (χ0v) is 9.95. The topological polar surface area (TPSA) is 50.9 Å². The Labute approximate surface area is 97.8 Å². The molecule has 0 saturated heterocycles. The van der Waals surface area contributed by atoms with E-state index in [2.05, 4.69) is 17.2 Å². The van der Waals surface area contributed by atoms with Crippen LogP contribution in [0.15, 0.2) is 30.6 Å². The van der Waals surface area contributed by atoms with Crippen molar-refractivity contribution in [2.24, 2.45) is 5.73 Å². The van der Waals surface area contributed by atoms with Gasteiger partial charge in [0.2, 0.25) is 0 Å². The molecule has 0 aliphatic heterocycles. The van der Waals surface area contributed by atoms with Gasteiger partial charge in [-0.15, -0.1) is 0 Å². The molecule has 88 valence electrons. The molecular weight excluding hydrogens is 198 g/mol. The minimum absolute atomic E-state index is 0.691. The van der Waals surface area contributed by atoms with Gasteiger partial charge in [0.15, 0.2) is 0 Å². The number of hydrogen-bond donors (Lipinski definition) is 2. The van der Waals surface area contributed by atoms with E-state index in [4.69, 9.17) is 5.73 Å². The molecule has 0 bridgehead atoms. The fraction of sp³-hybridized carbons (Fsp3) is 0.462. The van der Waals surface area contributed by atoms with Gasteiger partial charge in [-0.2, -0.15) is 0 Å². The Morgan fingerprint density at radius 3 is 2.94 bits per heavy atom. The van der Waals surface area contributed by atoms with E-state index in [0.29, 0.717) is 5.70 Å². The molecule has 1 rings (SSSR count). The van der Waals surface area contributed by atoms with Crippen molar-refractivity contribution in [1.29, 1.82) is 0 Å². The molecule has 0 amide bonds. The molecule has 0 aliphatic rings. The quantitative estimate of drug-likeness (QED) is 0.693. The summed E-state index contributed by atoms with van der Waals surface area (Å²) in [4.78, 5) is 4.17. The Bertz CT molecular complexity index is 306. The van der Waals surface area contributed by atoms with E-state index in [9.17, 15) is 0 Å². The summed E-state index contributed by atoms with van der Waals surface area (Å²) in [6.07, 6.45) is 8.64. The number of aromatic nitrogens is 1. The maximum Gasteiger partial charge on any atom is 0.0873 e. The van der Waals surface area contributed by atoms with Crippen LogP contribution in [0.5, 0.6) is 0 Å². The molecule has 1 heterocycles. The molecule has 0 aliphatic carbocycles. The number of nitrogens with zero attached hydrogens (tertiary/aromatic N) is 1. The second-order valence-electron chi connectivity index (χ2n) is 3.83. The Balaban J connectivity index is 2.24. The van der Waals surface area contributed by atoms with Crippen molar-refractivity contribution in [2.45, 2.75) is 32.6 Å². The Kier molecular flexibility index (Phi) is 6.07. The lowest BCUT2D eigenvalue weighted by molar-refractivity contribution is 0.646. The number of nitrogens with one attached hydrogen (secondary N) is 1. The van der Waals surface area contributed by atoms with Crippen LogP contribution in [0.25, 0.3) is 5.70 Å². The van der Waals surface area contributed by atoms with Crippen LogP contribution in [-0.4, -0.2) is 11.5 Å². The minimum atomic E-state index is 0.691. The predicted molar refractivity (Wildman–Crippen MR) is 68.5 cm³/mol. The molecule has 0 spiro atoms. The van der Waals surface area contributed by atoms with E-state index in [0.717, 1.165) is 12.2 Å². The second kappa shape index (κ2) is 7.74. The third-order valence-electron chi connectivity index (χ3n) is 2.39. The first-order valence-corrected chi connectivity index (χ1v) is 5.95. The summed E-state index contributed by atoms with van der Waals surface area (Å²) in [5.41, 5.74) is 7.39. The molecular formula is C13H21N3. The maximum atomic E-state index is 5.87. The van der Waals surface area contributed by atoms with Crippen molar-refractivity contribution in [2.75, 3.05) is 6.54 Å². The van der Waals surface area contributed by atoms with E-state index >= 15 is 0 Å². The first-order chi connectivity index (χ1) is 7.84. The van der Waals surface area contributed by atoms with Crippen LogP contribution in [-0.2, 0) is 0 Å². The summed E-state index contributed by atoms with van der Waals surface area (Å²) in [5, 5.41) is 3.22. The summed E-state index contributed by atoms with van der Waals surface area (Å²) >= 11 is 0. The molecule has 0 fully saturated rings. The van der Waals surface area contributed by atoms with Crippen LogP contribution in [0.3, 0.4) is 0 Å². The molecule has 0 saturated carbocycles. The van der Waals surface area contributed by atoms with E-state index in [1.54, 1.807) is 6.20 Å². The van der Waals surface area contributed by atoms with E-state index in [1.807, 2.05) is 24.4 Å². The second-order valence-corrected chi connectivity index (χ2v) is 3.83. The first kappa shape index (κ1) is 12.6. The number of nitrogens with two attached hydrogens (primary N) is 1. The van der Waals surface area contributed by atoms with Gasteiger partial charge in [-0.1, -0.05) is 32.3 Å². The monoisotopic (exact) mass is 219 g/mol. The molecule has 1 aromatic heterocycles. The summed E-state index contributed by atoms with van der Waals surface area (Å²) in [7, 11) is 0. The lowest BCUT2D eigenvalue weighted by atomic mass is 10.2. The highest BCUT2D eigenvalue weighted by atomic mass is 14.9. The minimum Gasteiger partial charge on any atom is -0.396 e. The Morgan fingerprint density at radius 1 is 1.38 bits per heavy atom. The highest BCUT2D eigenvalue weighted by Gasteiger charge is 1.94. The molecule has 3 N–H and O–H groups in total. The lowest BCUT2D eigenvalue weighted by Gasteiger charge is -2.03. The molecule has 0 atom stereocenters. The number of unbranched alkanes of at least 4 members (excludes halogenated alkanes) is 3. The third kappa shape index (κ3) is 4.82. The normalized spacial score (nSPS) is 11.4. The van der Waals surface area contributed by atoms with E-state index in [1.165, 1.54) is 25.7 Å². The zero-order chi connectivity index (χ0) is 11.6. The largest absolute Gasteiger partial charge is 0.396 e. The lowest BCUT2D eigenvalue weighted by Crippen LogP contribution is -2.11. The van der Waals surface area contributed by atoms with Crippen molar-refractivity contribution in [3.8, 4) is 0 Å². The van der Waals surface area contributed by atoms with E-state index < -0.39 is 0 Å². The third-order valence-corrected chi connectivity index (χ3v) is 2.39. The van der Waals surface area contributed by atoms with Gasteiger partial charge in [-0.05, 0) is 18.6 Å². The fourth-order valence-corrected chi connectivity index (χ4v) is 1.44. The number of rotatable bonds is 7. The molecule has 3 nitrogen and oxygen atoms in total. The smallest absolute Gasteiger partial charge is 0.0873 e. The van der Waals surface area contributed by atoms with Crippen LogP contribution in [0.1, 0.15) is 38.3 Å². The summed E-state index contributed by atoms with van der Waals surface area (Å²) in [6, 6.07) is 5.73.